The molecule has 1 aliphatic carbocycles. The number of anilines is 1. The number of carbonyl (C=O) groups is 1. The van der Waals surface area contributed by atoms with Gasteiger partial charge in [0.05, 0.1) is 5.69 Å². The van der Waals surface area contributed by atoms with E-state index in [0.717, 1.165) is 30.9 Å². The molecule has 7 nitrogen and oxygen atoms in total. The van der Waals surface area contributed by atoms with Gasteiger partial charge in [-0.25, -0.2) is 9.31 Å². The molecule has 2 N–H and O–H groups in total. The number of likely N-dealkylation sites (tertiary alicyclic amines) is 1. The van der Waals surface area contributed by atoms with Crippen molar-refractivity contribution in [1.29, 1.82) is 0 Å². The van der Waals surface area contributed by atoms with E-state index >= 15 is 0 Å². The number of amides is 1. The van der Waals surface area contributed by atoms with Crippen LogP contribution in [0.25, 0.3) is 16.9 Å². The summed E-state index contributed by atoms with van der Waals surface area (Å²) in [5.41, 5.74) is 4.19. The number of hydrogen-bond donors (Lipinski definition) is 2. The Kier molecular flexibility index (Phi) is 5.24. The molecule has 0 bridgehead atoms. The average Bonchev–Trinajstić information content (AvgIpc) is 3.47. The number of carboxylic acid groups (broad SMARTS) is 1. The molecule has 5 rings (SSSR count). The van der Waals surface area contributed by atoms with E-state index < -0.39 is 6.09 Å². The lowest BCUT2D eigenvalue weighted by Gasteiger charge is -2.46. The second-order valence-electron chi connectivity index (χ2n) is 8.61. The fraction of sp³-hybridized carbons (Fsp3) is 0.409. The lowest BCUT2D eigenvalue weighted by molar-refractivity contribution is 0.0242. The number of nitrogens with zero attached hydrogens (tertiary/aromatic N) is 4. The van der Waals surface area contributed by atoms with Gasteiger partial charge in [-0.05, 0) is 23.1 Å². The zero-order valence-corrected chi connectivity index (χ0v) is 16.9. The van der Waals surface area contributed by atoms with Crippen molar-refractivity contribution in [2.24, 2.45) is 5.41 Å². The summed E-state index contributed by atoms with van der Waals surface area (Å²) < 4.78 is 1.65. The minimum atomic E-state index is -1.18. The first-order valence-corrected chi connectivity index (χ1v) is 10.1. The molecule has 0 spiro atoms. The van der Waals surface area contributed by atoms with Crippen molar-refractivity contribution in [2.45, 2.75) is 39.7 Å². The molecule has 2 aromatic heterocycles. The van der Waals surface area contributed by atoms with E-state index in [4.69, 9.17) is 5.11 Å². The molecule has 2 aliphatic rings. The Balaban J connectivity index is 0.000000626. The molecule has 1 aromatic carbocycles. The Hall–Kier alpha value is -2.93. The highest BCUT2D eigenvalue weighted by Gasteiger charge is 2.33. The first kappa shape index (κ1) is 19.4. The Bertz CT molecular complexity index is 997. The van der Waals surface area contributed by atoms with Crippen molar-refractivity contribution < 1.29 is 9.90 Å². The molecule has 1 aliphatic heterocycles. The zero-order chi connectivity index (χ0) is 20.4. The van der Waals surface area contributed by atoms with Crippen LogP contribution in [0, 0.1) is 5.41 Å². The lowest BCUT2D eigenvalue weighted by atomic mass is 9.84. The number of hydrogen-bond acceptors (Lipinski definition) is 4. The highest BCUT2D eigenvalue weighted by molar-refractivity contribution is 5.80. The molecular formula is C22H27N5O2. The van der Waals surface area contributed by atoms with Crippen LogP contribution in [0.2, 0.25) is 0 Å². The molecule has 7 heteroatoms. The van der Waals surface area contributed by atoms with Gasteiger partial charge in [-0.1, -0.05) is 63.4 Å². The minimum Gasteiger partial charge on any atom is -0.465 e. The maximum Gasteiger partial charge on any atom is 0.411 e. The van der Waals surface area contributed by atoms with E-state index in [0.29, 0.717) is 11.1 Å². The van der Waals surface area contributed by atoms with Crippen LogP contribution in [-0.2, 0) is 6.54 Å². The van der Waals surface area contributed by atoms with Crippen LogP contribution in [0.4, 0.5) is 10.7 Å². The lowest BCUT2D eigenvalue weighted by Crippen LogP contribution is -2.52. The van der Waals surface area contributed by atoms with E-state index in [1.165, 1.54) is 24.8 Å². The fourth-order valence-electron chi connectivity index (χ4n) is 3.59. The highest BCUT2D eigenvalue weighted by Crippen LogP contribution is 2.30. The first-order valence-electron chi connectivity index (χ1n) is 10.1. The monoisotopic (exact) mass is 393 g/mol. The summed E-state index contributed by atoms with van der Waals surface area (Å²) in [4.78, 5) is 17.4. The van der Waals surface area contributed by atoms with Crippen LogP contribution in [-0.4, -0.2) is 43.8 Å². The van der Waals surface area contributed by atoms with Crippen molar-refractivity contribution in [2.75, 3.05) is 18.4 Å². The molecule has 2 fully saturated rings. The molecule has 1 amide bonds. The third-order valence-corrected chi connectivity index (χ3v) is 4.89. The van der Waals surface area contributed by atoms with Crippen LogP contribution in [0.15, 0.2) is 42.5 Å². The summed E-state index contributed by atoms with van der Waals surface area (Å²) in [7, 11) is 0. The maximum absolute atomic E-state index is 10.8. The molecular weight excluding hydrogens is 366 g/mol. The number of nitrogens with one attached hydrogen (secondary N) is 1. The molecule has 152 valence electrons. The summed E-state index contributed by atoms with van der Waals surface area (Å²) in [5, 5.41) is 15.3. The van der Waals surface area contributed by atoms with Crippen LogP contribution >= 0.6 is 0 Å². The van der Waals surface area contributed by atoms with Crippen molar-refractivity contribution in [1.82, 2.24) is 19.5 Å². The van der Waals surface area contributed by atoms with Gasteiger partial charge in [0.15, 0.2) is 5.65 Å². The van der Waals surface area contributed by atoms with Crippen molar-refractivity contribution in [3.05, 3.63) is 48.0 Å². The number of fused-ring (bicyclic) bond motifs is 1. The molecule has 1 saturated carbocycles. The highest BCUT2D eigenvalue weighted by atomic mass is 16.4. The number of aromatic nitrogens is 3. The van der Waals surface area contributed by atoms with Gasteiger partial charge in [0.1, 0.15) is 0 Å². The second-order valence-corrected chi connectivity index (χ2v) is 8.61. The van der Waals surface area contributed by atoms with Gasteiger partial charge in [0.25, 0.3) is 5.95 Å². The maximum atomic E-state index is 10.8. The fourth-order valence-corrected chi connectivity index (χ4v) is 3.59. The Morgan fingerprint density at radius 1 is 1.10 bits per heavy atom. The van der Waals surface area contributed by atoms with Crippen molar-refractivity contribution in [3.8, 4) is 11.3 Å². The van der Waals surface area contributed by atoms with E-state index in [1.54, 1.807) is 10.6 Å². The molecule has 1 saturated heterocycles. The van der Waals surface area contributed by atoms with Crippen LogP contribution < -0.4 is 5.32 Å². The SMILES string of the molecule is C1CC1.CC1(C)CN(Cc2ccc(-c3cccc4nc(NC(=O)O)nn34)cc2)C1. The molecule has 0 radical (unpaired) electrons. The van der Waals surface area contributed by atoms with Gasteiger partial charge in [-0.15, -0.1) is 5.10 Å². The van der Waals surface area contributed by atoms with E-state index in [9.17, 15) is 4.79 Å². The molecule has 3 heterocycles. The molecule has 29 heavy (non-hydrogen) atoms. The third-order valence-electron chi connectivity index (χ3n) is 4.89. The quantitative estimate of drug-likeness (QED) is 0.682. The van der Waals surface area contributed by atoms with Crippen LogP contribution in [0.5, 0.6) is 0 Å². The largest absolute Gasteiger partial charge is 0.465 e. The third kappa shape index (κ3) is 4.92. The average molecular weight is 393 g/mol. The molecule has 0 unspecified atom stereocenters. The van der Waals surface area contributed by atoms with E-state index in [-0.39, 0.29) is 5.95 Å². The normalized spacial score (nSPS) is 17.2. The zero-order valence-electron chi connectivity index (χ0n) is 16.9. The predicted octanol–water partition coefficient (Wildman–Crippen LogP) is 4.50. The number of benzene rings is 1. The number of rotatable bonds is 4. The summed E-state index contributed by atoms with van der Waals surface area (Å²) >= 11 is 0. The van der Waals surface area contributed by atoms with Crippen LogP contribution in [0.3, 0.4) is 0 Å². The minimum absolute atomic E-state index is 0.0713. The summed E-state index contributed by atoms with van der Waals surface area (Å²) in [6.45, 7) is 7.81. The van der Waals surface area contributed by atoms with Gasteiger partial charge in [-0.3, -0.25) is 10.2 Å². The molecule has 0 atom stereocenters. The van der Waals surface area contributed by atoms with E-state index in [2.05, 4.69) is 58.4 Å². The topological polar surface area (TPSA) is 82.8 Å². The summed E-state index contributed by atoms with van der Waals surface area (Å²) in [6.07, 6.45) is 3.32. The van der Waals surface area contributed by atoms with Crippen LogP contribution in [0.1, 0.15) is 38.7 Å². The second kappa shape index (κ2) is 7.83. The molecule has 3 aromatic rings. The number of pyridine rings is 1. The summed E-state index contributed by atoms with van der Waals surface area (Å²) in [5.74, 6) is 0.0713. The predicted molar refractivity (Wildman–Crippen MR) is 113 cm³/mol. The smallest absolute Gasteiger partial charge is 0.411 e. The van der Waals surface area contributed by atoms with Crippen molar-refractivity contribution >= 4 is 17.7 Å². The van der Waals surface area contributed by atoms with Gasteiger partial charge >= 0.3 is 6.09 Å². The van der Waals surface area contributed by atoms with Gasteiger partial charge in [0.2, 0.25) is 0 Å². The van der Waals surface area contributed by atoms with Gasteiger partial charge in [-0.2, -0.15) is 4.98 Å². The van der Waals surface area contributed by atoms with E-state index in [1.807, 2.05) is 12.1 Å². The standard InChI is InChI=1S/C19H21N5O2.C3H6/c1-19(2)11-23(12-19)10-13-6-8-14(9-7-13)15-4-3-5-16-20-17(21-18(25)26)22-24(15)16;1-2-3-1/h3-9H,10-12H2,1-2H3,(H,21,22)(H,25,26);1-3H2. The Labute approximate surface area is 170 Å². The summed E-state index contributed by atoms with van der Waals surface area (Å²) in [6, 6.07) is 14.0. The first-order chi connectivity index (χ1) is 13.9. The Morgan fingerprint density at radius 2 is 1.79 bits per heavy atom. The van der Waals surface area contributed by atoms with Crippen molar-refractivity contribution in [3.63, 3.8) is 0 Å². The van der Waals surface area contributed by atoms with Gasteiger partial charge < -0.3 is 5.11 Å². The Morgan fingerprint density at radius 3 is 2.38 bits per heavy atom. The van der Waals surface area contributed by atoms with Gasteiger partial charge in [0, 0.05) is 25.2 Å².